The Morgan fingerprint density at radius 2 is 1.67 bits per heavy atom. The molecule has 1 aromatic rings. The second kappa shape index (κ2) is 7.50. The highest BCUT2D eigenvalue weighted by Gasteiger charge is 2.06. The molecule has 0 N–H and O–H groups in total. The summed E-state index contributed by atoms with van der Waals surface area (Å²) in [6.45, 7) is 2.63. The molecule has 0 saturated carbocycles. The summed E-state index contributed by atoms with van der Waals surface area (Å²) in [5.41, 5.74) is 1.27. The minimum absolute atomic E-state index is 0.640. The van der Waals surface area contributed by atoms with Gasteiger partial charge in [0.05, 0.1) is 0 Å². The maximum atomic E-state index is 5.74. The molecule has 0 amide bonds. The molecule has 0 spiro atoms. The van der Waals surface area contributed by atoms with Crippen LogP contribution in [0.5, 0.6) is 0 Å². The molecule has 84 valence electrons. The molecule has 0 aliphatic rings. The summed E-state index contributed by atoms with van der Waals surface area (Å²) in [5.74, 6) is 1.28. The van der Waals surface area contributed by atoms with Gasteiger partial charge in [0.25, 0.3) is 0 Å². The zero-order chi connectivity index (χ0) is 11.1. The van der Waals surface area contributed by atoms with Crippen LogP contribution in [0.15, 0.2) is 28.7 Å². The van der Waals surface area contributed by atoms with E-state index in [0.717, 1.165) is 24.1 Å². The molecule has 4 heteroatoms. The number of benzene rings is 1. The first-order valence-electron chi connectivity index (χ1n) is 4.85. The summed E-state index contributed by atoms with van der Waals surface area (Å²) in [6.07, 6.45) is 0. The maximum absolute atomic E-state index is 5.74. The molecule has 0 aliphatic heterocycles. The van der Waals surface area contributed by atoms with Gasteiger partial charge in [0, 0.05) is 35.9 Å². The van der Waals surface area contributed by atoms with E-state index in [1.165, 1.54) is 5.56 Å². The first-order valence-corrected chi connectivity index (χ1v) is 6.72. The average Bonchev–Trinajstić information content (AvgIpc) is 2.22. The number of nitrogens with zero attached hydrogens (tertiary/aromatic N) is 1. The molecular weight excluding hydrogens is 297 g/mol. The third-order valence-electron chi connectivity index (χ3n) is 2.15. The smallest absolute Gasteiger partial charge is 0.0351 e. The van der Waals surface area contributed by atoms with E-state index in [-0.39, 0.29) is 0 Å². The van der Waals surface area contributed by atoms with Gasteiger partial charge in [-0.2, -0.15) is 0 Å². The molecule has 15 heavy (non-hydrogen) atoms. The molecule has 0 aliphatic carbocycles. The van der Waals surface area contributed by atoms with Gasteiger partial charge in [0.15, 0.2) is 0 Å². The van der Waals surface area contributed by atoms with Gasteiger partial charge in [-0.1, -0.05) is 34.1 Å². The van der Waals surface area contributed by atoms with Crippen molar-refractivity contribution in [3.05, 3.63) is 34.3 Å². The van der Waals surface area contributed by atoms with Gasteiger partial charge >= 0.3 is 0 Å². The molecule has 0 radical (unpaired) electrons. The first kappa shape index (κ1) is 13.3. The minimum atomic E-state index is 0.640. The van der Waals surface area contributed by atoms with Gasteiger partial charge in [0.2, 0.25) is 0 Å². The quantitative estimate of drug-likeness (QED) is 0.724. The fourth-order valence-corrected chi connectivity index (χ4v) is 2.26. The predicted octanol–water partition coefficient (Wildman–Crippen LogP) is 3.73. The van der Waals surface area contributed by atoms with Gasteiger partial charge in [-0.25, -0.2) is 0 Å². The third-order valence-corrected chi connectivity index (χ3v) is 3.26. The lowest BCUT2D eigenvalue weighted by Gasteiger charge is -2.20. The summed E-state index contributed by atoms with van der Waals surface area (Å²) in [6, 6.07) is 8.22. The molecule has 0 unspecified atom stereocenters. The van der Waals surface area contributed by atoms with Crippen molar-refractivity contribution in [2.75, 3.05) is 24.8 Å². The number of rotatable bonds is 6. The van der Waals surface area contributed by atoms with E-state index in [1.807, 2.05) is 12.1 Å². The second-order valence-corrected chi connectivity index (χ2v) is 4.86. The van der Waals surface area contributed by atoms with Crippen LogP contribution >= 0.6 is 39.1 Å². The molecule has 0 atom stereocenters. The van der Waals surface area contributed by atoms with E-state index in [9.17, 15) is 0 Å². The molecule has 0 heterocycles. The van der Waals surface area contributed by atoms with E-state index in [0.29, 0.717) is 11.8 Å². The third kappa shape index (κ3) is 4.73. The monoisotopic (exact) mass is 309 g/mol. The summed E-state index contributed by atoms with van der Waals surface area (Å²) in [5, 5.41) is 0. The summed E-state index contributed by atoms with van der Waals surface area (Å²) < 4.78 is 1.14. The molecule has 1 nitrogen and oxygen atoms in total. The van der Waals surface area contributed by atoms with Crippen molar-refractivity contribution >= 4 is 39.1 Å². The first-order chi connectivity index (χ1) is 7.27. The van der Waals surface area contributed by atoms with E-state index in [1.54, 1.807) is 0 Å². The predicted molar refractivity (Wildman–Crippen MR) is 70.9 cm³/mol. The highest BCUT2D eigenvalue weighted by atomic mass is 79.9. The van der Waals surface area contributed by atoms with Crippen LogP contribution in [0, 0.1) is 0 Å². The second-order valence-electron chi connectivity index (χ2n) is 3.25. The molecule has 0 saturated heterocycles. The molecule has 1 aromatic carbocycles. The summed E-state index contributed by atoms with van der Waals surface area (Å²) in [7, 11) is 0. The normalized spacial score (nSPS) is 10.9. The summed E-state index contributed by atoms with van der Waals surface area (Å²) in [4.78, 5) is 2.25. The van der Waals surface area contributed by atoms with Crippen molar-refractivity contribution in [1.82, 2.24) is 4.90 Å². The van der Waals surface area contributed by atoms with Gasteiger partial charge in [-0.05, 0) is 11.6 Å². The Balaban J connectivity index is 2.60. The zero-order valence-corrected chi connectivity index (χ0v) is 11.5. The van der Waals surface area contributed by atoms with Crippen LogP contribution < -0.4 is 0 Å². The molecular formula is C11H14BrCl2N. The molecule has 1 rings (SSSR count). The van der Waals surface area contributed by atoms with Crippen LogP contribution in [0.4, 0.5) is 0 Å². The highest BCUT2D eigenvalue weighted by Crippen LogP contribution is 2.17. The lowest BCUT2D eigenvalue weighted by molar-refractivity contribution is 0.299. The number of hydrogen-bond acceptors (Lipinski definition) is 1. The van der Waals surface area contributed by atoms with E-state index in [4.69, 9.17) is 23.2 Å². The maximum Gasteiger partial charge on any atom is 0.0351 e. The Morgan fingerprint density at radius 1 is 1.07 bits per heavy atom. The number of halogens is 3. The Morgan fingerprint density at radius 3 is 2.20 bits per heavy atom. The lowest BCUT2D eigenvalue weighted by atomic mass is 10.2. The van der Waals surface area contributed by atoms with Crippen molar-refractivity contribution < 1.29 is 0 Å². The van der Waals surface area contributed by atoms with Crippen molar-refractivity contribution in [2.24, 2.45) is 0 Å². The van der Waals surface area contributed by atoms with Crippen molar-refractivity contribution in [3.8, 4) is 0 Å². The Bertz CT molecular complexity index is 288. The standard InChI is InChI=1S/C11H14BrCl2N/c12-11-4-2-1-3-10(11)9-15(7-5-13)8-6-14/h1-4H,5-9H2. The molecule has 0 aromatic heterocycles. The van der Waals surface area contributed by atoms with Crippen LogP contribution in [0.3, 0.4) is 0 Å². The fourth-order valence-electron chi connectivity index (χ4n) is 1.38. The van der Waals surface area contributed by atoms with Gasteiger partial charge in [-0.15, -0.1) is 23.2 Å². The van der Waals surface area contributed by atoms with Crippen LogP contribution in [0.2, 0.25) is 0 Å². The van der Waals surface area contributed by atoms with Crippen molar-refractivity contribution in [3.63, 3.8) is 0 Å². The fraction of sp³-hybridized carbons (Fsp3) is 0.455. The van der Waals surface area contributed by atoms with Gasteiger partial charge in [0.1, 0.15) is 0 Å². The van der Waals surface area contributed by atoms with E-state index >= 15 is 0 Å². The van der Waals surface area contributed by atoms with Gasteiger partial charge in [-0.3, -0.25) is 4.90 Å². The largest absolute Gasteiger partial charge is 0.297 e. The van der Waals surface area contributed by atoms with E-state index < -0.39 is 0 Å². The van der Waals surface area contributed by atoms with Gasteiger partial charge < -0.3 is 0 Å². The Labute approximate surface area is 109 Å². The molecule has 0 fully saturated rings. The number of alkyl halides is 2. The van der Waals surface area contributed by atoms with Crippen LogP contribution in [-0.2, 0) is 6.54 Å². The average molecular weight is 311 g/mol. The highest BCUT2D eigenvalue weighted by molar-refractivity contribution is 9.10. The SMILES string of the molecule is ClCCN(CCCl)Cc1ccccc1Br. The molecule has 0 bridgehead atoms. The van der Waals surface area contributed by atoms with Crippen molar-refractivity contribution in [2.45, 2.75) is 6.54 Å². The Kier molecular flexibility index (Phi) is 6.66. The number of hydrogen-bond donors (Lipinski definition) is 0. The Hall–Kier alpha value is 0.240. The van der Waals surface area contributed by atoms with Crippen LogP contribution in [0.1, 0.15) is 5.56 Å². The van der Waals surface area contributed by atoms with Crippen LogP contribution in [0.25, 0.3) is 0 Å². The minimum Gasteiger partial charge on any atom is -0.297 e. The van der Waals surface area contributed by atoms with E-state index in [2.05, 4.69) is 33.0 Å². The lowest BCUT2D eigenvalue weighted by Crippen LogP contribution is -2.27. The summed E-state index contributed by atoms with van der Waals surface area (Å²) >= 11 is 15.0. The topological polar surface area (TPSA) is 3.24 Å². The van der Waals surface area contributed by atoms with Crippen LogP contribution in [-0.4, -0.2) is 29.7 Å². The van der Waals surface area contributed by atoms with Crippen molar-refractivity contribution in [1.29, 1.82) is 0 Å². The zero-order valence-electron chi connectivity index (χ0n) is 8.43.